The van der Waals surface area contributed by atoms with Gasteiger partial charge in [0.1, 0.15) is 0 Å². The quantitative estimate of drug-likeness (QED) is 0.923. The molecule has 2 heterocycles. The van der Waals surface area contributed by atoms with E-state index >= 15 is 0 Å². The molecule has 0 amide bonds. The summed E-state index contributed by atoms with van der Waals surface area (Å²) in [4.78, 5) is 4.16. The molecule has 0 saturated carbocycles. The highest BCUT2D eigenvalue weighted by molar-refractivity contribution is 7.10. The second-order valence-corrected chi connectivity index (χ2v) is 6.87. The Morgan fingerprint density at radius 1 is 1.24 bits per heavy atom. The van der Waals surface area contributed by atoms with Crippen molar-refractivity contribution in [3.63, 3.8) is 0 Å². The maximum absolute atomic E-state index is 3.69. The van der Waals surface area contributed by atoms with Crippen molar-refractivity contribution >= 4 is 11.3 Å². The van der Waals surface area contributed by atoms with Gasteiger partial charge in [-0.05, 0) is 35.9 Å². The number of nitrogens with one attached hydrogen (secondary N) is 1. The molecule has 1 aromatic heterocycles. The van der Waals surface area contributed by atoms with Gasteiger partial charge >= 0.3 is 0 Å². The van der Waals surface area contributed by atoms with Crippen molar-refractivity contribution in [3.8, 4) is 0 Å². The molecule has 1 aromatic carbocycles. The highest BCUT2D eigenvalue weighted by atomic mass is 32.1. The van der Waals surface area contributed by atoms with Gasteiger partial charge in [-0.1, -0.05) is 37.3 Å². The Balaban J connectivity index is 1.72. The molecule has 1 aliphatic rings. The molecule has 3 heteroatoms. The van der Waals surface area contributed by atoms with Crippen molar-refractivity contribution in [2.45, 2.75) is 38.9 Å². The number of piperazine rings is 1. The van der Waals surface area contributed by atoms with Gasteiger partial charge in [-0.15, -0.1) is 11.3 Å². The Kier molecular flexibility index (Phi) is 4.73. The fraction of sp³-hybridized carbons (Fsp3) is 0.444. The van der Waals surface area contributed by atoms with E-state index in [0.717, 1.165) is 26.1 Å². The Morgan fingerprint density at radius 2 is 2.05 bits per heavy atom. The topological polar surface area (TPSA) is 15.3 Å². The number of nitrogens with zero attached hydrogens (tertiary/aromatic N) is 1. The first-order valence-corrected chi connectivity index (χ1v) is 8.73. The van der Waals surface area contributed by atoms with E-state index in [-0.39, 0.29) is 0 Å². The van der Waals surface area contributed by atoms with Crippen molar-refractivity contribution in [3.05, 3.63) is 57.8 Å². The molecular formula is C18H24N2S. The summed E-state index contributed by atoms with van der Waals surface area (Å²) >= 11 is 1.90. The average Bonchev–Trinajstić information content (AvgIpc) is 2.97. The summed E-state index contributed by atoms with van der Waals surface area (Å²) in [5.41, 5.74) is 2.92. The lowest BCUT2D eigenvalue weighted by Gasteiger charge is -2.39. The monoisotopic (exact) mass is 300 g/mol. The van der Waals surface area contributed by atoms with Crippen LogP contribution in [0.1, 0.15) is 35.9 Å². The zero-order valence-electron chi connectivity index (χ0n) is 12.9. The van der Waals surface area contributed by atoms with Gasteiger partial charge in [0.25, 0.3) is 0 Å². The molecule has 3 rings (SSSR count). The lowest BCUT2D eigenvalue weighted by Crippen LogP contribution is -2.50. The summed E-state index contributed by atoms with van der Waals surface area (Å²) < 4.78 is 0. The van der Waals surface area contributed by atoms with Gasteiger partial charge in [0.15, 0.2) is 0 Å². The molecule has 2 aromatic rings. The molecule has 1 fully saturated rings. The summed E-state index contributed by atoms with van der Waals surface area (Å²) in [6, 6.07) is 14.1. The summed E-state index contributed by atoms with van der Waals surface area (Å²) in [5.74, 6) is 0. The van der Waals surface area contributed by atoms with Crippen LogP contribution in [0.5, 0.6) is 0 Å². The third-order valence-electron chi connectivity index (χ3n) is 4.47. The van der Waals surface area contributed by atoms with Crippen molar-refractivity contribution in [2.75, 3.05) is 13.1 Å². The lowest BCUT2D eigenvalue weighted by atomic mass is 10.0. The molecule has 1 N–H and O–H groups in total. The number of hydrogen-bond donors (Lipinski definition) is 1. The van der Waals surface area contributed by atoms with Crippen LogP contribution in [-0.4, -0.2) is 24.0 Å². The highest BCUT2D eigenvalue weighted by Gasteiger charge is 2.26. The zero-order chi connectivity index (χ0) is 14.7. The Labute approximate surface area is 131 Å². The van der Waals surface area contributed by atoms with Crippen LogP contribution >= 0.6 is 11.3 Å². The number of benzene rings is 1. The Morgan fingerprint density at radius 3 is 2.81 bits per heavy atom. The second-order valence-electron chi connectivity index (χ2n) is 5.87. The largest absolute Gasteiger partial charge is 0.307 e. The van der Waals surface area contributed by atoms with Crippen LogP contribution in [0.3, 0.4) is 0 Å². The first-order valence-electron chi connectivity index (χ1n) is 7.85. The number of rotatable bonds is 4. The lowest BCUT2D eigenvalue weighted by molar-refractivity contribution is 0.134. The fourth-order valence-electron chi connectivity index (χ4n) is 3.06. The third-order valence-corrected chi connectivity index (χ3v) is 5.42. The first kappa shape index (κ1) is 14.8. The minimum absolute atomic E-state index is 0.451. The van der Waals surface area contributed by atoms with E-state index in [0.29, 0.717) is 12.1 Å². The van der Waals surface area contributed by atoms with Gasteiger partial charge < -0.3 is 5.32 Å². The molecule has 1 saturated heterocycles. The molecule has 2 atom stereocenters. The van der Waals surface area contributed by atoms with E-state index in [2.05, 4.69) is 65.8 Å². The third kappa shape index (κ3) is 3.37. The molecule has 0 radical (unpaired) electrons. The van der Waals surface area contributed by atoms with E-state index in [1.807, 2.05) is 11.3 Å². The van der Waals surface area contributed by atoms with E-state index < -0.39 is 0 Å². The fourth-order valence-corrected chi connectivity index (χ4v) is 4.06. The molecule has 0 aliphatic carbocycles. The smallest absolute Gasteiger partial charge is 0.0450 e. The summed E-state index contributed by atoms with van der Waals surface area (Å²) in [7, 11) is 0. The predicted molar refractivity (Wildman–Crippen MR) is 90.8 cm³/mol. The molecule has 2 nitrogen and oxygen atoms in total. The summed E-state index contributed by atoms with van der Waals surface area (Å²) in [5, 5.41) is 5.92. The Hall–Kier alpha value is -1.16. The molecule has 1 aliphatic heterocycles. The maximum atomic E-state index is 3.69. The number of thiophene rings is 1. The maximum Gasteiger partial charge on any atom is 0.0450 e. The number of aryl methyl sites for hydroxylation is 1. The van der Waals surface area contributed by atoms with Crippen molar-refractivity contribution in [1.82, 2.24) is 10.2 Å². The summed E-state index contributed by atoms with van der Waals surface area (Å²) in [6.45, 7) is 7.82. The van der Waals surface area contributed by atoms with Gasteiger partial charge in [-0.3, -0.25) is 4.90 Å². The van der Waals surface area contributed by atoms with Crippen molar-refractivity contribution in [1.29, 1.82) is 0 Å². The van der Waals surface area contributed by atoms with Crippen molar-refractivity contribution < 1.29 is 0 Å². The Bertz CT molecular complexity index is 564. The van der Waals surface area contributed by atoms with E-state index in [9.17, 15) is 0 Å². The molecular weight excluding hydrogens is 276 g/mol. The highest BCUT2D eigenvalue weighted by Crippen LogP contribution is 2.25. The van der Waals surface area contributed by atoms with Crippen LogP contribution in [0.4, 0.5) is 0 Å². The van der Waals surface area contributed by atoms with E-state index in [4.69, 9.17) is 0 Å². The minimum atomic E-state index is 0.451. The van der Waals surface area contributed by atoms with Gasteiger partial charge in [-0.2, -0.15) is 0 Å². The molecule has 0 bridgehead atoms. The van der Waals surface area contributed by atoms with Gasteiger partial charge in [0, 0.05) is 36.6 Å². The van der Waals surface area contributed by atoms with Crippen LogP contribution < -0.4 is 5.32 Å². The van der Waals surface area contributed by atoms with Crippen molar-refractivity contribution in [2.24, 2.45) is 0 Å². The molecule has 21 heavy (non-hydrogen) atoms. The SMILES string of the molecule is CCc1ccsc1CN1CC(c2ccccc2)NCC1C. The average molecular weight is 300 g/mol. The van der Waals surface area contributed by atoms with Crippen LogP contribution in [0.2, 0.25) is 0 Å². The van der Waals surface area contributed by atoms with E-state index in [1.54, 1.807) is 0 Å². The molecule has 0 spiro atoms. The van der Waals surface area contributed by atoms with Crippen LogP contribution in [-0.2, 0) is 13.0 Å². The minimum Gasteiger partial charge on any atom is -0.307 e. The number of hydrogen-bond acceptors (Lipinski definition) is 3. The molecule has 2 unspecified atom stereocenters. The summed E-state index contributed by atoms with van der Waals surface area (Å²) in [6.07, 6.45) is 1.14. The van der Waals surface area contributed by atoms with Gasteiger partial charge in [0.2, 0.25) is 0 Å². The molecule has 112 valence electrons. The first-order chi connectivity index (χ1) is 10.3. The standard InChI is InChI=1S/C18H24N2S/c1-3-15-9-10-21-18(15)13-20-12-17(19-11-14(20)2)16-7-5-4-6-8-16/h4-10,14,17,19H,3,11-13H2,1-2H3. The van der Waals surface area contributed by atoms with Crippen LogP contribution in [0.25, 0.3) is 0 Å². The van der Waals surface area contributed by atoms with Gasteiger partial charge in [-0.25, -0.2) is 0 Å². The zero-order valence-corrected chi connectivity index (χ0v) is 13.7. The van der Waals surface area contributed by atoms with Gasteiger partial charge in [0.05, 0.1) is 0 Å². The van der Waals surface area contributed by atoms with Crippen LogP contribution in [0, 0.1) is 0 Å². The normalized spacial score (nSPS) is 23.3. The van der Waals surface area contributed by atoms with Crippen LogP contribution in [0.15, 0.2) is 41.8 Å². The van der Waals surface area contributed by atoms with E-state index in [1.165, 1.54) is 16.0 Å². The second kappa shape index (κ2) is 6.73. The predicted octanol–water partition coefficient (Wildman–Crippen LogP) is 3.85.